The molecule has 0 bridgehead atoms. The number of benzene rings is 2. The second-order valence-corrected chi connectivity index (χ2v) is 6.05. The number of carbonyl (C=O) groups is 1. The van der Waals surface area contributed by atoms with E-state index in [1.807, 2.05) is 47.4 Å². The maximum absolute atomic E-state index is 12.4. The van der Waals surface area contributed by atoms with Crippen LogP contribution in [-0.2, 0) is 0 Å². The van der Waals surface area contributed by atoms with Crippen molar-refractivity contribution in [2.24, 2.45) is 0 Å². The van der Waals surface area contributed by atoms with Crippen molar-refractivity contribution < 1.29 is 9.53 Å². The van der Waals surface area contributed by atoms with Gasteiger partial charge in [0, 0.05) is 48.6 Å². The molecule has 1 aliphatic heterocycles. The molecule has 2 amide bonds. The number of carbonyl (C=O) groups excluding carboxylic acids is 1. The van der Waals surface area contributed by atoms with Gasteiger partial charge >= 0.3 is 6.03 Å². The van der Waals surface area contributed by atoms with E-state index in [0.29, 0.717) is 13.1 Å². The molecule has 1 heterocycles. The normalized spacial score (nSPS) is 14.4. The molecule has 6 heteroatoms. The van der Waals surface area contributed by atoms with Crippen LogP contribution in [0.4, 0.5) is 16.2 Å². The SMILES string of the molecule is COc1cccc(NC(=O)N2CCN(c3cccc(Cl)c3)CC2)c1. The molecular weight excluding hydrogens is 326 g/mol. The number of ether oxygens (including phenoxy) is 1. The number of anilines is 2. The van der Waals surface area contributed by atoms with E-state index in [1.54, 1.807) is 13.2 Å². The van der Waals surface area contributed by atoms with E-state index in [4.69, 9.17) is 16.3 Å². The number of rotatable bonds is 3. The van der Waals surface area contributed by atoms with E-state index in [2.05, 4.69) is 10.2 Å². The number of nitrogens with one attached hydrogen (secondary N) is 1. The largest absolute Gasteiger partial charge is 0.497 e. The van der Waals surface area contributed by atoms with E-state index >= 15 is 0 Å². The minimum Gasteiger partial charge on any atom is -0.497 e. The van der Waals surface area contributed by atoms with Crippen molar-refractivity contribution in [1.29, 1.82) is 0 Å². The zero-order valence-corrected chi connectivity index (χ0v) is 14.3. The number of hydrogen-bond donors (Lipinski definition) is 1. The molecule has 0 spiro atoms. The van der Waals surface area contributed by atoms with Gasteiger partial charge in [-0.2, -0.15) is 0 Å². The molecule has 5 nitrogen and oxygen atoms in total. The highest BCUT2D eigenvalue weighted by Crippen LogP contribution is 2.21. The lowest BCUT2D eigenvalue weighted by atomic mass is 10.2. The van der Waals surface area contributed by atoms with Gasteiger partial charge in [0.05, 0.1) is 7.11 Å². The Balaban J connectivity index is 1.57. The van der Waals surface area contributed by atoms with Gasteiger partial charge in [-0.25, -0.2) is 4.79 Å². The minimum absolute atomic E-state index is 0.0889. The quantitative estimate of drug-likeness (QED) is 0.922. The van der Waals surface area contributed by atoms with Gasteiger partial charge in [-0.15, -0.1) is 0 Å². The Kier molecular flexibility index (Phi) is 5.11. The number of piperazine rings is 1. The first-order valence-corrected chi connectivity index (χ1v) is 8.24. The topological polar surface area (TPSA) is 44.8 Å². The van der Waals surface area contributed by atoms with Crippen molar-refractivity contribution in [2.45, 2.75) is 0 Å². The van der Waals surface area contributed by atoms with Gasteiger partial charge in [0.2, 0.25) is 0 Å². The molecular formula is C18H20ClN3O2. The van der Waals surface area contributed by atoms with Crippen LogP contribution >= 0.6 is 11.6 Å². The molecule has 1 saturated heterocycles. The molecule has 0 unspecified atom stereocenters. The average molecular weight is 346 g/mol. The summed E-state index contributed by atoms with van der Waals surface area (Å²) in [4.78, 5) is 16.5. The number of amides is 2. The Labute approximate surface area is 146 Å². The lowest BCUT2D eigenvalue weighted by Crippen LogP contribution is -2.50. The Morgan fingerprint density at radius 1 is 1.08 bits per heavy atom. The van der Waals surface area contributed by atoms with E-state index < -0.39 is 0 Å². The number of urea groups is 1. The summed E-state index contributed by atoms with van der Waals surface area (Å²) >= 11 is 6.05. The first kappa shape index (κ1) is 16.5. The third-order valence-electron chi connectivity index (χ3n) is 4.06. The monoisotopic (exact) mass is 345 g/mol. The number of methoxy groups -OCH3 is 1. The van der Waals surface area contributed by atoms with Crippen molar-refractivity contribution in [2.75, 3.05) is 43.5 Å². The van der Waals surface area contributed by atoms with E-state index in [9.17, 15) is 4.79 Å². The fourth-order valence-electron chi connectivity index (χ4n) is 2.74. The summed E-state index contributed by atoms with van der Waals surface area (Å²) in [5.41, 5.74) is 1.83. The van der Waals surface area contributed by atoms with Gasteiger partial charge in [-0.05, 0) is 30.3 Å². The molecule has 0 aliphatic carbocycles. The second kappa shape index (κ2) is 7.45. The zero-order valence-electron chi connectivity index (χ0n) is 13.5. The molecule has 0 radical (unpaired) electrons. The van der Waals surface area contributed by atoms with Crippen LogP contribution in [-0.4, -0.2) is 44.2 Å². The van der Waals surface area contributed by atoms with Crippen molar-refractivity contribution in [3.63, 3.8) is 0 Å². The zero-order chi connectivity index (χ0) is 16.9. The molecule has 1 aliphatic rings. The Hall–Kier alpha value is -2.40. The van der Waals surface area contributed by atoms with Crippen molar-refractivity contribution in [3.8, 4) is 5.75 Å². The maximum atomic E-state index is 12.4. The van der Waals surface area contributed by atoms with Gasteiger partial charge in [0.25, 0.3) is 0 Å². The van der Waals surface area contributed by atoms with Crippen molar-refractivity contribution >= 4 is 29.0 Å². The smallest absolute Gasteiger partial charge is 0.321 e. The summed E-state index contributed by atoms with van der Waals surface area (Å²) in [6, 6.07) is 15.1. The Morgan fingerprint density at radius 2 is 1.83 bits per heavy atom. The summed E-state index contributed by atoms with van der Waals surface area (Å²) in [5.74, 6) is 0.721. The molecule has 0 saturated carbocycles. The lowest BCUT2D eigenvalue weighted by Gasteiger charge is -2.36. The lowest BCUT2D eigenvalue weighted by molar-refractivity contribution is 0.208. The fraction of sp³-hybridized carbons (Fsp3) is 0.278. The summed E-state index contributed by atoms with van der Waals surface area (Å²) in [6.45, 7) is 2.91. The highest BCUT2D eigenvalue weighted by molar-refractivity contribution is 6.30. The second-order valence-electron chi connectivity index (χ2n) is 5.62. The summed E-state index contributed by atoms with van der Waals surface area (Å²) in [6.07, 6.45) is 0. The van der Waals surface area contributed by atoms with E-state index in [-0.39, 0.29) is 6.03 Å². The molecule has 126 valence electrons. The first-order valence-electron chi connectivity index (χ1n) is 7.86. The number of halogens is 1. The summed E-state index contributed by atoms with van der Waals surface area (Å²) in [7, 11) is 1.61. The van der Waals surface area contributed by atoms with E-state index in [0.717, 1.165) is 35.2 Å². The third-order valence-corrected chi connectivity index (χ3v) is 4.30. The molecule has 0 atom stereocenters. The van der Waals surface area contributed by atoms with Crippen molar-refractivity contribution in [3.05, 3.63) is 53.6 Å². The summed E-state index contributed by atoms with van der Waals surface area (Å²) in [5, 5.41) is 3.64. The predicted octanol–water partition coefficient (Wildman–Crippen LogP) is 3.70. The van der Waals surface area contributed by atoms with Crippen LogP contribution in [0, 0.1) is 0 Å². The van der Waals surface area contributed by atoms with Gasteiger partial charge < -0.3 is 19.9 Å². The van der Waals surface area contributed by atoms with Crippen LogP contribution in [0.1, 0.15) is 0 Å². The van der Waals surface area contributed by atoms with Crippen molar-refractivity contribution in [1.82, 2.24) is 4.90 Å². The first-order chi connectivity index (χ1) is 11.7. The van der Waals surface area contributed by atoms with E-state index in [1.165, 1.54) is 0 Å². The molecule has 2 aromatic carbocycles. The average Bonchev–Trinajstić information content (AvgIpc) is 2.62. The molecule has 24 heavy (non-hydrogen) atoms. The van der Waals surface area contributed by atoms with Crippen LogP contribution in [0.3, 0.4) is 0 Å². The molecule has 0 aromatic heterocycles. The predicted molar refractivity (Wildman–Crippen MR) is 97.3 cm³/mol. The molecule has 1 fully saturated rings. The Bertz CT molecular complexity index is 715. The Morgan fingerprint density at radius 3 is 2.54 bits per heavy atom. The standard InChI is InChI=1S/C18H20ClN3O2/c1-24-17-7-3-5-15(13-17)20-18(23)22-10-8-21(9-11-22)16-6-2-4-14(19)12-16/h2-7,12-13H,8-11H2,1H3,(H,20,23). The third kappa shape index (κ3) is 3.92. The van der Waals surface area contributed by atoms with Crippen LogP contribution < -0.4 is 15.0 Å². The highest BCUT2D eigenvalue weighted by Gasteiger charge is 2.21. The maximum Gasteiger partial charge on any atom is 0.321 e. The van der Waals surface area contributed by atoms with Crippen LogP contribution in [0.5, 0.6) is 5.75 Å². The summed E-state index contributed by atoms with van der Waals surface area (Å²) < 4.78 is 5.17. The molecule has 2 aromatic rings. The minimum atomic E-state index is -0.0889. The highest BCUT2D eigenvalue weighted by atomic mass is 35.5. The number of nitrogens with zero attached hydrogens (tertiary/aromatic N) is 2. The molecule has 1 N–H and O–H groups in total. The van der Waals surface area contributed by atoms with Gasteiger partial charge in [0.15, 0.2) is 0 Å². The van der Waals surface area contributed by atoms with Gasteiger partial charge in [-0.1, -0.05) is 23.7 Å². The van der Waals surface area contributed by atoms with Gasteiger partial charge in [0.1, 0.15) is 5.75 Å². The fourth-order valence-corrected chi connectivity index (χ4v) is 2.93. The molecule has 3 rings (SSSR count). The van der Waals surface area contributed by atoms with Crippen LogP contribution in [0.25, 0.3) is 0 Å². The number of hydrogen-bond acceptors (Lipinski definition) is 3. The van der Waals surface area contributed by atoms with Crippen LogP contribution in [0.15, 0.2) is 48.5 Å². The van der Waals surface area contributed by atoms with Crippen LogP contribution in [0.2, 0.25) is 5.02 Å². The van der Waals surface area contributed by atoms with Gasteiger partial charge in [-0.3, -0.25) is 0 Å².